The number of halogens is 1. The lowest BCUT2D eigenvalue weighted by molar-refractivity contribution is 0.582. The van der Waals surface area contributed by atoms with E-state index in [1.165, 1.54) is 25.0 Å². The Morgan fingerprint density at radius 2 is 2.35 bits per heavy atom. The molecule has 1 aliphatic rings. The maximum absolute atomic E-state index is 9.19. The van der Waals surface area contributed by atoms with Crippen LogP contribution < -0.4 is 0 Å². The number of para-hydroxylation sites is 1. The molecule has 0 aliphatic carbocycles. The van der Waals surface area contributed by atoms with Crippen molar-refractivity contribution in [2.75, 3.05) is 5.75 Å². The molecule has 3 nitrogen and oxygen atoms in total. The van der Waals surface area contributed by atoms with Gasteiger partial charge in [0.1, 0.15) is 17.4 Å². The number of alkyl halides is 1. The van der Waals surface area contributed by atoms with Gasteiger partial charge in [-0.2, -0.15) is 17.0 Å². The Balaban J connectivity index is 2.02. The molecular formula is C15H16ClN3S. The third-order valence-electron chi connectivity index (χ3n) is 3.76. The van der Waals surface area contributed by atoms with Gasteiger partial charge in [0.05, 0.1) is 17.0 Å². The van der Waals surface area contributed by atoms with E-state index in [1.54, 1.807) is 0 Å². The molecule has 0 radical (unpaired) electrons. The summed E-state index contributed by atoms with van der Waals surface area (Å²) in [5.74, 6) is 2.50. The van der Waals surface area contributed by atoms with Crippen LogP contribution in [0.1, 0.15) is 30.7 Å². The second kappa shape index (κ2) is 6.07. The van der Waals surface area contributed by atoms with Crippen molar-refractivity contribution >= 4 is 34.4 Å². The van der Waals surface area contributed by atoms with E-state index in [9.17, 15) is 5.26 Å². The summed E-state index contributed by atoms with van der Waals surface area (Å²) in [5.41, 5.74) is 2.45. The van der Waals surface area contributed by atoms with E-state index in [0.717, 1.165) is 23.4 Å². The minimum absolute atomic E-state index is 0.386. The minimum Gasteiger partial charge on any atom is -0.326 e. The van der Waals surface area contributed by atoms with Gasteiger partial charge in [-0.05, 0) is 30.7 Å². The lowest BCUT2D eigenvalue weighted by Gasteiger charge is -2.22. The molecule has 1 fully saturated rings. The second-order valence-electron chi connectivity index (χ2n) is 5.05. The van der Waals surface area contributed by atoms with Crippen molar-refractivity contribution in [1.29, 1.82) is 5.26 Å². The van der Waals surface area contributed by atoms with Gasteiger partial charge in [-0.25, -0.2) is 4.98 Å². The summed E-state index contributed by atoms with van der Waals surface area (Å²) >= 11 is 8.09. The molecule has 1 aromatic carbocycles. The number of aromatic nitrogens is 2. The standard InChI is InChI=1S/C15H16ClN3S/c16-8-14-18-15-11(9-17)4-3-6-13(15)19(14)10-12-5-1-2-7-20-12/h3-4,6,12H,1-2,5,7-8,10H2. The average Bonchev–Trinajstić information content (AvgIpc) is 2.86. The summed E-state index contributed by atoms with van der Waals surface area (Å²) in [4.78, 5) is 4.57. The normalized spacial score (nSPS) is 19.1. The van der Waals surface area contributed by atoms with Crippen molar-refractivity contribution in [3.05, 3.63) is 29.6 Å². The molecule has 2 heterocycles. The first-order valence-electron chi connectivity index (χ1n) is 6.89. The molecule has 1 unspecified atom stereocenters. The highest BCUT2D eigenvalue weighted by atomic mass is 35.5. The molecule has 0 spiro atoms. The van der Waals surface area contributed by atoms with E-state index < -0.39 is 0 Å². The molecule has 1 atom stereocenters. The number of benzene rings is 1. The number of rotatable bonds is 3. The van der Waals surface area contributed by atoms with E-state index >= 15 is 0 Å². The van der Waals surface area contributed by atoms with Crippen molar-refractivity contribution in [3.63, 3.8) is 0 Å². The Bertz CT molecular complexity index is 653. The largest absolute Gasteiger partial charge is 0.326 e. The quantitative estimate of drug-likeness (QED) is 0.807. The van der Waals surface area contributed by atoms with Crippen molar-refractivity contribution in [3.8, 4) is 6.07 Å². The monoisotopic (exact) mass is 305 g/mol. The van der Waals surface area contributed by atoms with Crippen LogP contribution >= 0.6 is 23.4 Å². The predicted octanol–water partition coefficient (Wildman–Crippen LogP) is 3.93. The summed E-state index contributed by atoms with van der Waals surface area (Å²) in [6.07, 6.45) is 3.89. The SMILES string of the molecule is N#Cc1cccc2c1nc(CCl)n2CC1CCCCS1. The highest BCUT2D eigenvalue weighted by Crippen LogP contribution is 2.29. The van der Waals surface area contributed by atoms with Crippen LogP contribution in [0.25, 0.3) is 11.0 Å². The van der Waals surface area contributed by atoms with Gasteiger partial charge in [-0.3, -0.25) is 0 Å². The summed E-state index contributed by atoms with van der Waals surface area (Å²) in [5, 5.41) is 9.83. The summed E-state index contributed by atoms with van der Waals surface area (Å²) in [7, 11) is 0. The van der Waals surface area contributed by atoms with Gasteiger partial charge in [0.25, 0.3) is 0 Å². The zero-order valence-corrected chi connectivity index (χ0v) is 12.8. The molecule has 5 heteroatoms. The Labute approximate surface area is 127 Å². The Kier molecular flexibility index (Phi) is 4.18. The van der Waals surface area contributed by atoms with Crippen molar-refractivity contribution in [2.24, 2.45) is 0 Å². The molecule has 104 valence electrons. The molecule has 20 heavy (non-hydrogen) atoms. The number of hydrogen-bond acceptors (Lipinski definition) is 3. The van der Waals surface area contributed by atoms with Crippen molar-refractivity contribution in [2.45, 2.75) is 36.9 Å². The highest BCUT2D eigenvalue weighted by Gasteiger charge is 2.19. The maximum atomic E-state index is 9.19. The summed E-state index contributed by atoms with van der Waals surface area (Å²) in [6.45, 7) is 0.943. The lowest BCUT2D eigenvalue weighted by atomic mass is 10.1. The van der Waals surface area contributed by atoms with Gasteiger partial charge in [0, 0.05) is 11.8 Å². The first-order chi connectivity index (χ1) is 9.83. The number of nitriles is 1. The van der Waals surface area contributed by atoms with Gasteiger partial charge in [-0.1, -0.05) is 12.5 Å². The van der Waals surface area contributed by atoms with Crippen LogP contribution in [0.3, 0.4) is 0 Å². The molecule has 0 N–H and O–H groups in total. The third-order valence-corrected chi connectivity index (χ3v) is 5.38. The van der Waals surface area contributed by atoms with E-state index in [1.807, 2.05) is 30.0 Å². The van der Waals surface area contributed by atoms with Crippen LogP contribution in [0.5, 0.6) is 0 Å². The number of fused-ring (bicyclic) bond motifs is 1. The van der Waals surface area contributed by atoms with Crippen LogP contribution in [0.4, 0.5) is 0 Å². The molecule has 2 aromatic rings. The molecule has 3 rings (SSSR count). The van der Waals surface area contributed by atoms with Crippen LogP contribution in [0, 0.1) is 11.3 Å². The summed E-state index contributed by atoms with van der Waals surface area (Å²) < 4.78 is 2.20. The number of thioether (sulfide) groups is 1. The van der Waals surface area contributed by atoms with Crippen LogP contribution in [0.2, 0.25) is 0 Å². The van der Waals surface area contributed by atoms with Gasteiger partial charge in [-0.15, -0.1) is 11.6 Å². The van der Waals surface area contributed by atoms with Crippen molar-refractivity contribution < 1.29 is 0 Å². The third kappa shape index (κ3) is 2.53. The molecule has 1 aliphatic heterocycles. The number of nitrogens with zero attached hydrogens (tertiary/aromatic N) is 3. The second-order valence-corrected chi connectivity index (χ2v) is 6.72. The molecule has 0 amide bonds. The van der Waals surface area contributed by atoms with Gasteiger partial charge in [0.2, 0.25) is 0 Å². The van der Waals surface area contributed by atoms with Crippen LogP contribution in [-0.2, 0) is 12.4 Å². The number of imidazole rings is 1. The molecule has 0 bridgehead atoms. The minimum atomic E-state index is 0.386. The zero-order valence-electron chi connectivity index (χ0n) is 11.2. The van der Waals surface area contributed by atoms with Gasteiger partial charge < -0.3 is 4.57 Å². The Morgan fingerprint density at radius 1 is 1.45 bits per heavy atom. The average molecular weight is 306 g/mol. The smallest absolute Gasteiger partial charge is 0.124 e. The van der Waals surface area contributed by atoms with E-state index in [2.05, 4.69) is 15.6 Å². The fraction of sp³-hybridized carbons (Fsp3) is 0.467. The van der Waals surface area contributed by atoms with Crippen molar-refractivity contribution in [1.82, 2.24) is 9.55 Å². The Hall–Kier alpha value is -1.18. The summed E-state index contributed by atoms with van der Waals surface area (Å²) in [6, 6.07) is 7.98. The zero-order chi connectivity index (χ0) is 13.9. The fourth-order valence-corrected chi connectivity index (χ4v) is 4.24. The molecule has 1 aromatic heterocycles. The topological polar surface area (TPSA) is 41.6 Å². The Morgan fingerprint density at radius 3 is 3.05 bits per heavy atom. The first kappa shape index (κ1) is 13.8. The predicted molar refractivity (Wildman–Crippen MR) is 84.1 cm³/mol. The molecule has 0 saturated carbocycles. The van der Waals surface area contributed by atoms with Crippen LogP contribution in [-0.4, -0.2) is 20.6 Å². The maximum Gasteiger partial charge on any atom is 0.124 e. The van der Waals surface area contributed by atoms with Crippen LogP contribution in [0.15, 0.2) is 18.2 Å². The van der Waals surface area contributed by atoms with Gasteiger partial charge in [0.15, 0.2) is 0 Å². The lowest BCUT2D eigenvalue weighted by Crippen LogP contribution is -2.18. The molecule has 1 saturated heterocycles. The fourth-order valence-electron chi connectivity index (χ4n) is 2.75. The molecular weight excluding hydrogens is 290 g/mol. The van der Waals surface area contributed by atoms with E-state index in [0.29, 0.717) is 16.7 Å². The highest BCUT2D eigenvalue weighted by molar-refractivity contribution is 7.99. The van der Waals surface area contributed by atoms with Gasteiger partial charge >= 0.3 is 0 Å². The van der Waals surface area contributed by atoms with E-state index in [-0.39, 0.29) is 0 Å². The number of hydrogen-bond donors (Lipinski definition) is 0. The van der Waals surface area contributed by atoms with E-state index in [4.69, 9.17) is 11.6 Å². The first-order valence-corrected chi connectivity index (χ1v) is 8.47.